The summed E-state index contributed by atoms with van der Waals surface area (Å²) in [6.45, 7) is 2.03. The molecule has 0 radical (unpaired) electrons. The van der Waals surface area contributed by atoms with E-state index >= 15 is 0 Å². The number of fused-ring (bicyclic) bond motifs is 5. The molecule has 7 nitrogen and oxygen atoms in total. The van der Waals surface area contributed by atoms with Gasteiger partial charge < -0.3 is 5.11 Å². The number of benzene rings is 3. The van der Waals surface area contributed by atoms with Crippen LogP contribution in [0.3, 0.4) is 0 Å². The number of hydrogen-bond acceptors (Lipinski definition) is 5. The summed E-state index contributed by atoms with van der Waals surface area (Å²) in [5.41, 5.74) is 2.44. The maximum atomic E-state index is 14.2. The predicted octanol–water partition coefficient (Wildman–Crippen LogP) is 6.02. The molecule has 3 aromatic carbocycles. The van der Waals surface area contributed by atoms with Crippen molar-refractivity contribution in [3.63, 3.8) is 0 Å². The van der Waals surface area contributed by atoms with Gasteiger partial charge in [0.15, 0.2) is 9.75 Å². The van der Waals surface area contributed by atoms with Crippen molar-refractivity contribution in [1.29, 1.82) is 0 Å². The Morgan fingerprint density at radius 3 is 2.35 bits per heavy atom. The zero-order valence-electron chi connectivity index (χ0n) is 23.1. The molecule has 6 unspecified atom stereocenters. The van der Waals surface area contributed by atoms with Gasteiger partial charge in [-0.1, -0.05) is 83.0 Å². The second kappa shape index (κ2) is 9.91. The fourth-order valence-electron chi connectivity index (χ4n) is 7.74. The Kier molecular flexibility index (Phi) is 6.58. The Hall–Kier alpha value is -3.20. The lowest BCUT2D eigenvalue weighted by molar-refractivity contribution is -0.138. The molecule has 10 heteroatoms. The number of aromatic hydroxyl groups is 1. The van der Waals surface area contributed by atoms with Crippen molar-refractivity contribution in [2.24, 2.45) is 17.8 Å². The van der Waals surface area contributed by atoms with Gasteiger partial charge in [-0.3, -0.25) is 29.0 Å². The van der Waals surface area contributed by atoms with Crippen molar-refractivity contribution in [3.05, 3.63) is 83.4 Å². The summed E-state index contributed by atoms with van der Waals surface area (Å²) in [5, 5.41) is 13.0. The van der Waals surface area contributed by atoms with Crippen molar-refractivity contribution < 1.29 is 24.3 Å². The van der Waals surface area contributed by atoms with Crippen LogP contribution in [0.1, 0.15) is 36.8 Å². The van der Waals surface area contributed by atoms with Crippen LogP contribution in [0.15, 0.2) is 72.3 Å². The first-order valence-corrected chi connectivity index (χ1v) is 16.1. The molecule has 0 aromatic heterocycles. The summed E-state index contributed by atoms with van der Waals surface area (Å²) in [6.07, 6.45) is 2.84. The molecule has 0 bridgehead atoms. The van der Waals surface area contributed by atoms with Gasteiger partial charge in [0.1, 0.15) is 5.75 Å². The van der Waals surface area contributed by atoms with Crippen LogP contribution in [0, 0.1) is 17.8 Å². The monoisotopic (exact) mass is 680 g/mol. The SMILES string of the molecule is CCc1ccc(N2C(=O)C3CC=C4C(CC5(Cl)C(=O)N(CBr)C(=O)C5(Cl)C4c4ccc5ccccc5c4O)C3C2=O)cc1. The zero-order valence-corrected chi connectivity index (χ0v) is 26.2. The highest BCUT2D eigenvalue weighted by Gasteiger charge is 2.76. The third kappa shape index (κ3) is 3.66. The third-order valence-electron chi connectivity index (χ3n) is 9.86. The van der Waals surface area contributed by atoms with Gasteiger partial charge in [0, 0.05) is 16.9 Å². The van der Waals surface area contributed by atoms with Crippen molar-refractivity contribution >= 4 is 79.2 Å². The number of allylic oxidation sites excluding steroid dienone is 2. The van der Waals surface area contributed by atoms with Crippen LogP contribution in [0.25, 0.3) is 10.8 Å². The Morgan fingerprint density at radius 2 is 1.65 bits per heavy atom. The molecule has 3 aromatic rings. The van der Waals surface area contributed by atoms with Crippen LogP contribution in [-0.4, -0.2) is 48.8 Å². The van der Waals surface area contributed by atoms with Gasteiger partial charge in [0.05, 0.1) is 23.0 Å². The Balaban J connectivity index is 1.41. The molecule has 4 aliphatic rings. The van der Waals surface area contributed by atoms with Crippen LogP contribution in [0.4, 0.5) is 5.69 Å². The minimum atomic E-state index is -1.98. The number of aryl methyl sites for hydroxylation is 1. The van der Waals surface area contributed by atoms with Gasteiger partial charge in [0.25, 0.3) is 11.8 Å². The largest absolute Gasteiger partial charge is 0.507 e. The van der Waals surface area contributed by atoms with Crippen molar-refractivity contribution in [3.8, 4) is 5.75 Å². The molecular weight excluding hydrogens is 655 g/mol. The number of phenolic OH excluding ortho intramolecular Hbond substituents is 1. The number of carbonyl (C=O) groups is 4. The molecule has 43 heavy (non-hydrogen) atoms. The molecule has 7 rings (SSSR count). The number of hydrogen-bond donors (Lipinski definition) is 1. The number of alkyl halides is 3. The van der Waals surface area contributed by atoms with Crippen molar-refractivity contribution in [1.82, 2.24) is 4.90 Å². The summed E-state index contributed by atoms with van der Waals surface area (Å²) in [4.78, 5) is 54.1. The molecule has 2 aliphatic heterocycles. The highest BCUT2D eigenvalue weighted by atomic mass is 79.9. The summed E-state index contributed by atoms with van der Waals surface area (Å²) < 4.78 is 0. The second-order valence-corrected chi connectivity index (χ2v) is 13.5. The molecule has 1 N–H and O–H groups in total. The topological polar surface area (TPSA) is 95.0 Å². The van der Waals surface area contributed by atoms with Crippen LogP contribution >= 0.6 is 39.1 Å². The minimum Gasteiger partial charge on any atom is -0.507 e. The van der Waals surface area contributed by atoms with Gasteiger partial charge in [-0.15, -0.1) is 23.2 Å². The van der Waals surface area contributed by atoms with Gasteiger partial charge >= 0.3 is 0 Å². The number of halogens is 3. The summed E-state index contributed by atoms with van der Waals surface area (Å²) in [7, 11) is 0. The van der Waals surface area contributed by atoms with Gasteiger partial charge in [-0.2, -0.15) is 0 Å². The Bertz CT molecular complexity index is 1780. The van der Waals surface area contributed by atoms with E-state index in [0.29, 0.717) is 22.2 Å². The molecule has 1 saturated carbocycles. The summed E-state index contributed by atoms with van der Waals surface area (Å²) in [5.74, 6) is -5.23. The first-order valence-electron chi connectivity index (χ1n) is 14.3. The van der Waals surface area contributed by atoms with Crippen LogP contribution in [0.5, 0.6) is 5.75 Å². The quantitative estimate of drug-likeness (QED) is 0.157. The molecule has 3 fully saturated rings. The number of amides is 4. The summed E-state index contributed by atoms with van der Waals surface area (Å²) in [6, 6.07) is 18.1. The van der Waals surface area contributed by atoms with E-state index in [2.05, 4.69) is 15.9 Å². The van der Waals surface area contributed by atoms with E-state index in [1.54, 1.807) is 30.3 Å². The predicted molar refractivity (Wildman–Crippen MR) is 167 cm³/mol. The van der Waals surface area contributed by atoms with Crippen molar-refractivity contribution in [2.75, 3.05) is 10.4 Å². The van der Waals surface area contributed by atoms with Gasteiger partial charge in [-0.25, -0.2) is 0 Å². The number of carbonyl (C=O) groups excluding carboxylic acids is 4. The maximum Gasteiger partial charge on any atom is 0.254 e. The fraction of sp³-hybridized carbons (Fsp3) is 0.333. The van der Waals surface area contributed by atoms with E-state index in [1.165, 1.54) is 4.90 Å². The Morgan fingerprint density at radius 1 is 0.930 bits per heavy atom. The van der Waals surface area contributed by atoms with Crippen molar-refractivity contribution in [2.45, 2.75) is 41.9 Å². The van der Waals surface area contributed by atoms with Gasteiger partial charge in [-0.05, 0) is 48.3 Å². The molecule has 220 valence electrons. The molecular formula is C33H27BrCl2N2O5. The molecule has 6 atom stereocenters. The molecule has 2 saturated heterocycles. The lowest BCUT2D eigenvalue weighted by Gasteiger charge is -2.50. The lowest BCUT2D eigenvalue weighted by atomic mass is 9.56. The molecule has 0 spiro atoms. The van der Waals surface area contributed by atoms with Gasteiger partial charge in [0.2, 0.25) is 11.8 Å². The van der Waals surface area contributed by atoms with Crippen LogP contribution in [-0.2, 0) is 25.6 Å². The standard InChI is InChI=1S/C33H27BrCl2N2O5/c1-2-17-7-10-19(11-8-17)38-28(40)22-14-13-21-24(25(22)29(38)41)15-32(35)30(42)37(16-34)31(43)33(32,36)26(21)23-12-9-18-5-3-4-6-20(18)27(23)39/h3-13,22,24-26,39H,2,14-16H2,1H3. The highest BCUT2D eigenvalue weighted by Crippen LogP contribution is 2.66. The lowest BCUT2D eigenvalue weighted by Crippen LogP contribution is -2.60. The van der Waals surface area contributed by atoms with E-state index in [1.807, 2.05) is 43.3 Å². The highest BCUT2D eigenvalue weighted by molar-refractivity contribution is 9.09. The fourth-order valence-corrected chi connectivity index (χ4v) is 9.16. The van der Waals surface area contributed by atoms with Crippen LogP contribution < -0.4 is 4.90 Å². The first-order chi connectivity index (χ1) is 20.6. The van der Waals surface area contributed by atoms with E-state index in [9.17, 15) is 24.3 Å². The number of anilines is 1. The normalized spacial score (nSPS) is 31.8. The molecule has 2 heterocycles. The van der Waals surface area contributed by atoms with Crippen LogP contribution in [0.2, 0.25) is 0 Å². The van der Waals surface area contributed by atoms with E-state index in [4.69, 9.17) is 23.2 Å². The smallest absolute Gasteiger partial charge is 0.254 e. The first kappa shape index (κ1) is 28.6. The average Bonchev–Trinajstić information content (AvgIpc) is 3.35. The Labute approximate surface area is 266 Å². The zero-order chi connectivity index (χ0) is 30.4. The number of rotatable bonds is 4. The number of phenols is 1. The number of imide groups is 2. The minimum absolute atomic E-state index is 0.0742. The average molecular weight is 682 g/mol. The number of likely N-dealkylation sites (tertiary alicyclic amines) is 1. The second-order valence-electron chi connectivity index (χ2n) is 11.7. The van der Waals surface area contributed by atoms with E-state index in [0.717, 1.165) is 22.3 Å². The maximum absolute atomic E-state index is 14.2. The van der Waals surface area contributed by atoms with E-state index in [-0.39, 0.29) is 35.9 Å². The third-order valence-corrected chi connectivity index (χ3v) is 11.8. The molecule has 4 amide bonds. The van der Waals surface area contributed by atoms with E-state index < -0.39 is 45.2 Å². The number of nitrogens with zero attached hydrogens (tertiary/aromatic N) is 2. The summed E-state index contributed by atoms with van der Waals surface area (Å²) >= 11 is 17.8. The molecule has 2 aliphatic carbocycles.